The third-order valence-corrected chi connectivity index (χ3v) is 7.57. The molecule has 1 N–H and O–H groups in total. The van der Waals surface area contributed by atoms with Crippen molar-refractivity contribution >= 4 is 23.2 Å². The van der Waals surface area contributed by atoms with Crippen LogP contribution in [0.25, 0.3) is 11.1 Å². The average Bonchev–Trinajstić information content (AvgIpc) is 2.80. The van der Waals surface area contributed by atoms with Crippen LogP contribution in [0.1, 0.15) is 24.0 Å². The fourth-order valence-corrected chi connectivity index (χ4v) is 5.95. The van der Waals surface area contributed by atoms with E-state index in [9.17, 15) is 0 Å². The molecule has 2 atom stereocenters. The van der Waals surface area contributed by atoms with Crippen LogP contribution in [0.2, 0.25) is 10.0 Å². The fourth-order valence-electron chi connectivity index (χ4n) is 5.44. The van der Waals surface area contributed by atoms with Crippen molar-refractivity contribution in [3.8, 4) is 11.1 Å². The summed E-state index contributed by atoms with van der Waals surface area (Å²) < 4.78 is 0. The van der Waals surface area contributed by atoms with E-state index in [4.69, 9.17) is 23.2 Å². The van der Waals surface area contributed by atoms with Gasteiger partial charge in [-0.3, -0.25) is 4.90 Å². The Morgan fingerprint density at radius 2 is 1.58 bits per heavy atom. The Hall–Kier alpha value is -1.84. The van der Waals surface area contributed by atoms with Crippen LogP contribution in [0.3, 0.4) is 0 Å². The highest BCUT2D eigenvalue weighted by Crippen LogP contribution is 2.37. The van der Waals surface area contributed by atoms with Gasteiger partial charge in [-0.05, 0) is 67.1 Å². The number of hydrogen-bond acceptors (Lipinski definition) is 2. The highest BCUT2D eigenvalue weighted by atomic mass is 35.5. The summed E-state index contributed by atoms with van der Waals surface area (Å²) in [5.41, 5.74) is 4.99. The smallest absolute Gasteiger partial charge is 0.0499 e. The average molecular weight is 451 g/mol. The van der Waals surface area contributed by atoms with Crippen molar-refractivity contribution in [2.75, 3.05) is 13.1 Å². The van der Waals surface area contributed by atoms with Crippen molar-refractivity contribution in [3.05, 3.63) is 94.0 Å². The molecule has 3 saturated heterocycles. The van der Waals surface area contributed by atoms with E-state index < -0.39 is 0 Å². The number of hydrogen-bond donors (Lipinski definition) is 1. The van der Waals surface area contributed by atoms with Gasteiger partial charge in [-0.1, -0.05) is 83.9 Å². The van der Waals surface area contributed by atoms with Gasteiger partial charge in [0.1, 0.15) is 0 Å². The van der Waals surface area contributed by atoms with Crippen LogP contribution in [0, 0.1) is 5.92 Å². The number of nitrogens with zero attached hydrogens (tertiary/aromatic N) is 1. The van der Waals surface area contributed by atoms with E-state index in [0.29, 0.717) is 22.1 Å². The summed E-state index contributed by atoms with van der Waals surface area (Å²) in [4.78, 5) is 2.70. The third kappa shape index (κ3) is 4.54. The molecule has 0 aromatic heterocycles. The molecule has 0 spiro atoms. The van der Waals surface area contributed by atoms with Gasteiger partial charge < -0.3 is 5.32 Å². The van der Waals surface area contributed by atoms with Gasteiger partial charge in [0.25, 0.3) is 0 Å². The number of halogens is 2. The lowest BCUT2D eigenvalue weighted by molar-refractivity contribution is 0.0127. The van der Waals surface area contributed by atoms with Gasteiger partial charge in [0.2, 0.25) is 0 Å². The van der Waals surface area contributed by atoms with Crippen LogP contribution >= 0.6 is 23.2 Å². The zero-order chi connectivity index (χ0) is 21.2. The Balaban J connectivity index is 1.41. The Kier molecular flexibility index (Phi) is 6.34. The minimum absolute atomic E-state index is 0.503. The van der Waals surface area contributed by atoms with E-state index in [1.54, 1.807) is 0 Å². The quantitative estimate of drug-likeness (QED) is 0.463. The standard InChI is InChI=1S/C27H28Cl2N2/c28-22-10-11-24(25(29)17-22)23-9-5-4-8-21(23)16-26-27(20-12-14-31(26)15-13-20)30-18-19-6-2-1-3-7-19/h1-11,17,20,26-27,30H,12-16,18H2. The Morgan fingerprint density at radius 3 is 2.35 bits per heavy atom. The Bertz CT molecular complexity index is 1030. The second-order valence-electron chi connectivity index (χ2n) is 8.82. The molecule has 160 valence electrons. The minimum atomic E-state index is 0.503. The molecule has 3 aromatic rings. The maximum Gasteiger partial charge on any atom is 0.0499 e. The highest BCUT2D eigenvalue weighted by Gasteiger charge is 2.41. The molecule has 2 nitrogen and oxygen atoms in total. The summed E-state index contributed by atoms with van der Waals surface area (Å²) in [5.74, 6) is 0.755. The molecule has 3 aromatic carbocycles. The predicted octanol–water partition coefficient (Wildman–Crippen LogP) is 6.46. The first-order valence-corrected chi connectivity index (χ1v) is 12.0. The monoisotopic (exact) mass is 450 g/mol. The molecule has 4 heteroatoms. The van der Waals surface area contributed by atoms with Crippen LogP contribution in [-0.4, -0.2) is 30.1 Å². The summed E-state index contributed by atoms with van der Waals surface area (Å²) >= 11 is 12.7. The van der Waals surface area contributed by atoms with Gasteiger partial charge in [-0.15, -0.1) is 0 Å². The van der Waals surface area contributed by atoms with Crippen LogP contribution in [0.4, 0.5) is 0 Å². The van der Waals surface area contributed by atoms with E-state index in [1.807, 2.05) is 18.2 Å². The number of piperidine rings is 3. The van der Waals surface area contributed by atoms with Gasteiger partial charge >= 0.3 is 0 Å². The molecule has 3 aliphatic heterocycles. The summed E-state index contributed by atoms with van der Waals surface area (Å²) in [7, 11) is 0. The molecule has 3 aliphatic rings. The van der Waals surface area contributed by atoms with Gasteiger partial charge in [-0.2, -0.15) is 0 Å². The van der Waals surface area contributed by atoms with E-state index in [2.05, 4.69) is 64.8 Å². The van der Waals surface area contributed by atoms with Crippen LogP contribution in [0.15, 0.2) is 72.8 Å². The normalized spacial score (nSPS) is 25.0. The molecular weight excluding hydrogens is 423 g/mol. The molecule has 3 fully saturated rings. The molecule has 3 heterocycles. The summed E-state index contributed by atoms with van der Waals surface area (Å²) in [6.45, 7) is 3.35. The van der Waals surface area contributed by atoms with Crippen molar-refractivity contribution in [1.82, 2.24) is 10.2 Å². The second-order valence-corrected chi connectivity index (χ2v) is 9.66. The van der Waals surface area contributed by atoms with Gasteiger partial charge in [0.15, 0.2) is 0 Å². The van der Waals surface area contributed by atoms with Crippen molar-refractivity contribution in [3.63, 3.8) is 0 Å². The molecule has 0 saturated carbocycles. The third-order valence-electron chi connectivity index (χ3n) is 7.02. The van der Waals surface area contributed by atoms with Gasteiger partial charge in [0, 0.05) is 34.2 Å². The highest BCUT2D eigenvalue weighted by molar-refractivity contribution is 6.36. The number of nitrogens with one attached hydrogen (secondary N) is 1. The first kappa shape index (κ1) is 21.0. The Labute approximate surface area is 195 Å². The minimum Gasteiger partial charge on any atom is -0.308 e. The maximum absolute atomic E-state index is 6.58. The summed E-state index contributed by atoms with van der Waals surface area (Å²) in [5, 5.41) is 5.32. The lowest BCUT2D eigenvalue weighted by atomic mass is 9.76. The largest absolute Gasteiger partial charge is 0.308 e. The molecule has 2 unspecified atom stereocenters. The SMILES string of the molecule is Clc1ccc(-c2ccccc2CC2C(NCc3ccccc3)C3CCN2CC3)c(Cl)c1. The van der Waals surface area contributed by atoms with Crippen molar-refractivity contribution < 1.29 is 0 Å². The lowest BCUT2D eigenvalue weighted by Crippen LogP contribution is -2.63. The molecule has 0 amide bonds. The van der Waals surface area contributed by atoms with Crippen molar-refractivity contribution in [2.24, 2.45) is 5.92 Å². The van der Waals surface area contributed by atoms with E-state index >= 15 is 0 Å². The lowest BCUT2D eigenvalue weighted by Gasteiger charge is -2.51. The maximum atomic E-state index is 6.58. The van der Waals surface area contributed by atoms with E-state index in [0.717, 1.165) is 24.4 Å². The van der Waals surface area contributed by atoms with Crippen LogP contribution in [0.5, 0.6) is 0 Å². The zero-order valence-electron chi connectivity index (χ0n) is 17.6. The van der Waals surface area contributed by atoms with Gasteiger partial charge in [-0.25, -0.2) is 0 Å². The molecular formula is C27H28Cl2N2. The predicted molar refractivity (Wildman–Crippen MR) is 131 cm³/mol. The fraction of sp³-hybridized carbons (Fsp3) is 0.333. The number of benzene rings is 3. The number of fused-ring (bicyclic) bond motifs is 3. The van der Waals surface area contributed by atoms with E-state index in [-0.39, 0.29) is 0 Å². The molecule has 0 aliphatic carbocycles. The van der Waals surface area contributed by atoms with Gasteiger partial charge in [0.05, 0.1) is 0 Å². The number of rotatable bonds is 6. The van der Waals surface area contributed by atoms with Crippen molar-refractivity contribution in [1.29, 1.82) is 0 Å². The first-order valence-electron chi connectivity index (χ1n) is 11.2. The molecule has 31 heavy (non-hydrogen) atoms. The topological polar surface area (TPSA) is 15.3 Å². The van der Waals surface area contributed by atoms with Crippen LogP contribution < -0.4 is 5.32 Å². The van der Waals surface area contributed by atoms with Crippen LogP contribution in [-0.2, 0) is 13.0 Å². The molecule has 0 radical (unpaired) electrons. The summed E-state index contributed by atoms with van der Waals surface area (Å²) in [6, 6.07) is 26.3. The summed E-state index contributed by atoms with van der Waals surface area (Å²) in [6.07, 6.45) is 3.62. The van der Waals surface area contributed by atoms with E-state index in [1.165, 1.54) is 42.6 Å². The first-order chi connectivity index (χ1) is 15.2. The van der Waals surface area contributed by atoms with Crippen molar-refractivity contribution in [2.45, 2.75) is 37.9 Å². The molecule has 6 rings (SSSR count). The zero-order valence-corrected chi connectivity index (χ0v) is 19.1. The Morgan fingerprint density at radius 1 is 0.839 bits per heavy atom. The second kappa shape index (κ2) is 9.34. The molecule has 2 bridgehead atoms.